The molecule has 14 aromatic rings. The number of ether oxygens (including phenoxy) is 6. The Morgan fingerprint density at radius 1 is 0.391 bits per heavy atom. The molecule has 0 radical (unpaired) electrons. The van der Waals surface area contributed by atoms with Gasteiger partial charge in [-0.1, -0.05) is 126 Å². The molecule has 3 heterocycles. The van der Waals surface area contributed by atoms with Crippen LogP contribution in [0, 0.1) is 57.6 Å². The second kappa shape index (κ2) is 45.1. The molecule has 708 valence electrons. The second-order valence-corrected chi connectivity index (χ2v) is 37.9. The minimum Gasteiger partial charge on any atom is -0.496 e. The highest BCUT2D eigenvalue weighted by atomic mass is 35.5. The number of nitriles is 2. The van der Waals surface area contributed by atoms with Crippen LogP contribution in [0.5, 0.6) is 11.5 Å². The molecule has 0 aliphatic heterocycles. The molecule has 3 N–H and O–H groups in total. The van der Waals surface area contributed by atoms with E-state index >= 15 is 17.6 Å². The zero-order valence-corrected chi connectivity index (χ0v) is 78.2. The van der Waals surface area contributed by atoms with Gasteiger partial charge in [-0.3, -0.25) is 29.3 Å². The Labute approximate surface area is 798 Å². The third-order valence-corrected chi connectivity index (χ3v) is 26.5. The van der Waals surface area contributed by atoms with Gasteiger partial charge in [0.15, 0.2) is 29.5 Å². The molecule has 0 saturated heterocycles. The molecule has 0 aliphatic carbocycles. The summed E-state index contributed by atoms with van der Waals surface area (Å²) in [6.07, 6.45) is 5.31. The van der Waals surface area contributed by atoms with Crippen LogP contribution >= 0.6 is 23.2 Å². The van der Waals surface area contributed by atoms with Crippen LogP contribution in [0.4, 0.5) is 26.3 Å². The van der Waals surface area contributed by atoms with Crippen molar-refractivity contribution < 1.29 is 109 Å². The second-order valence-electron chi connectivity index (χ2n) is 30.9. The van der Waals surface area contributed by atoms with E-state index in [4.69, 9.17) is 56.9 Å². The molecule has 3 aromatic heterocycles. The number of halogens is 8. The first-order chi connectivity index (χ1) is 65.9. The van der Waals surface area contributed by atoms with Crippen molar-refractivity contribution in [2.75, 3.05) is 48.4 Å². The molecule has 138 heavy (non-hydrogen) atoms. The lowest BCUT2D eigenvalue weighted by molar-refractivity contribution is -0.143. The van der Waals surface area contributed by atoms with Gasteiger partial charge < -0.3 is 44.4 Å². The molecule has 0 bridgehead atoms. The highest BCUT2D eigenvalue weighted by Crippen LogP contribution is 2.44. The fourth-order valence-corrected chi connectivity index (χ4v) is 19.3. The van der Waals surface area contributed by atoms with Gasteiger partial charge in [0.1, 0.15) is 81.2 Å². The number of sulfone groups is 3. The van der Waals surface area contributed by atoms with E-state index in [9.17, 15) is 68.1 Å². The minimum absolute atomic E-state index is 0.0157. The largest absolute Gasteiger partial charge is 0.496 e. The van der Waals surface area contributed by atoms with Crippen LogP contribution in [0.3, 0.4) is 0 Å². The number of hydrogen-bond acceptors (Lipinski definition) is 23. The van der Waals surface area contributed by atoms with Crippen LogP contribution in [-0.4, -0.2) is 142 Å². The molecule has 0 spiro atoms. The Morgan fingerprint density at radius 3 is 1.00 bits per heavy atom. The lowest BCUT2D eigenvalue weighted by atomic mass is 9.93. The number of hydrogen-bond donors (Lipinski definition) is 3. The predicted molar refractivity (Wildman–Crippen MR) is 503 cm³/mol. The molecular weight excluding hydrogens is 1890 g/mol. The lowest BCUT2D eigenvalue weighted by Gasteiger charge is -2.20. The monoisotopic (exact) mass is 1970 g/mol. The van der Waals surface area contributed by atoms with Crippen molar-refractivity contribution in [2.24, 2.45) is 0 Å². The van der Waals surface area contributed by atoms with Crippen LogP contribution < -0.4 is 25.4 Å². The summed E-state index contributed by atoms with van der Waals surface area (Å²) in [7, 11) is -4.98. The number of carbonyl (C=O) groups excluding carboxylic acids is 6. The summed E-state index contributed by atoms with van der Waals surface area (Å²) in [5, 5.41) is 28.0. The number of rotatable bonds is 31. The van der Waals surface area contributed by atoms with Gasteiger partial charge in [-0.25, -0.2) is 66.0 Å². The van der Waals surface area contributed by atoms with Crippen LogP contribution in [-0.2, 0) is 106 Å². The minimum atomic E-state index is -3.92. The van der Waals surface area contributed by atoms with Gasteiger partial charge in [0.2, 0.25) is 0 Å². The summed E-state index contributed by atoms with van der Waals surface area (Å²) in [4.78, 5) is 91.3. The van der Waals surface area contributed by atoms with Gasteiger partial charge in [-0.2, -0.15) is 10.5 Å². The first-order valence-corrected chi connectivity index (χ1v) is 47.7. The van der Waals surface area contributed by atoms with Crippen molar-refractivity contribution in [3.63, 3.8) is 0 Å². The van der Waals surface area contributed by atoms with E-state index in [-0.39, 0.29) is 45.7 Å². The molecular formula is C101H82Cl2F6N8O18S3. The molecule has 3 atom stereocenters. The number of esters is 3. The zero-order chi connectivity index (χ0) is 99.6. The molecule has 0 fully saturated rings. The third kappa shape index (κ3) is 24.3. The summed E-state index contributed by atoms with van der Waals surface area (Å²) < 4.78 is 196. The highest BCUT2D eigenvalue weighted by Gasteiger charge is 2.34. The number of fused-ring (bicyclic) bond motifs is 3. The van der Waals surface area contributed by atoms with Crippen LogP contribution in [0.15, 0.2) is 247 Å². The predicted octanol–water partition coefficient (Wildman–Crippen LogP) is 17.2. The quantitative estimate of drug-likeness (QED) is 0.0206. The van der Waals surface area contributed by atoms with Crippen molar-refractivity contribution in [1.29, 1.82) is 10.5 Å². The van der Waals surface area contributed by atoms with E-state index in [2.05, 4.69) is 30.9 Å². The Kier molecular flexibility index (Phi) is 33.3. The maximum atomic E-state index is 15.3. The first kappa shape index (κ1) is 102. The summed E-state index contributed by atoms with van der Waals surface area (Å²) in [6, 6.07) is 53.8. The van der Waals surface area contributed by atoms with E-state index in [1.807, 2.05) is 31.2 Å². The molecule has 3 amide bonds. The van der Waals surface area contributed by atoms with E-state index in [0.29, 0.717) is 129 Å². The van der Waals surface area contributed by atoms with Crippen LogP contribution in [0.1, 0.15) is 88.1 Å². The Morgan fingerprint density at radius 2 is 0.703 bits per heavy atom. The molecule has 14 rings (SSSR count). The summed E-state index contributed by atoms with van der Waals surface area (Å²) in [5.74, 6) is -14.9. The maximum Gasteiger partial charge on any atom is 0.328 e. The number of amides is 3. The van der Waals surface area contributed by atoms with Gasteiger partial charge in [0.25, 0.3) is 17.7 Å². The summed E-state index contributed by atoms with van der Waals surface area (Å²) >= 11 is 12.9. The average molecular weight is 1980 g/mol. The summed E-state index contributed by atoms with van der Waals surface area (Å²) in [6.45, 7) is 2.79. The van der Waals surface area contributed by atoms with E-state index < -0.39 is 152 Å². The number of aromatic nitrogens is 3. The van der Waals surface area contributed by atoms with Crippen LogP contribution in [0.25, 0.3) is 66.1 Å². The lowest BCUT2D eigenvalue weighted by Crippen LogP contribution is -2.43. The Bertz CT molecular complexity index is 7460. The molecule has 11 aromatic carbocycles. The molecule has 0 aliphatic rings. The van der Waals surface area contributed by atoms with Crippen molar-refractivity contribution in [3.05, 3.63) is 349 Å². The number of pyridine rings is 3. The molecule has 26 nitrogen and oxygen atoms in total. The van der Waals surface area contributed by atoms with Crippen molar-refractivity contribution >= 4 is 121 Å². The van der Waals surface area contributed by atoms with Gasteiger partial charge >= 0.3 is 17.9 Å². The maximum absolute atomic E-state index is 15.3. The third-order valence-electron chi connectivity index (χ3n) is 21.6. The molecule has 37 heteroatoms. The number of nitrogens with zero attached hydrogens (tertiary/aromatic N) is 5. The molecule has 0 saturated carbocycles. The zero-order valence-electron chi connectivity index (χ0n) is 74.2. The van der Waals surface area contributed by atoms with Gasteiger partial charge in [0.05, 0.1) is 115 Å². The number of methoxy groups -OCH3 is 5. The Hall–Kier alpha value is -15.0. The topological polar surface area (TPSA) is 383 Å². The first-order valence-electron chi connectivity index (χ1n) is 41.6. The smallest absolute Gasteiger partial charge is 0.328 e. The van der Waals surface area contributed by atoms with Crippen molar-refractivity contribution in [2.45, 2.75) is 78.0 Å². The standard InChI is InChI=1S/C38H36F2N2O8S.C34H24ClF2N3O5S.C29H22ClF2N3O5S/c1-5-50-21-23-18-32(47-2)34(33(19-23)48-3)28-14-13-25(27-12-9-15-41-36(27)28)20-31(38(44)49-4)42-37(43)35-29(39)16-24(17-30(35)40)22-51(45,46)26-10-7-6-8-11-26;1-45-34(42)30(17-22-10-12-26(32-24(22)8-5-13-39-32)25-11-9-20(18-38)14-27(25)35)40-33(41)31-28(36)15-21(16-29(31)37)19-46(43,44)23-6-3-2-4-7-23;1-40-29(37)25(35-28(36)26-23(31)11-17(12-24(26)32)15-41(2,38)39)13-18-6-8-21(27-19(18)4-3-9-34-27)20-7-5-16(14-33)10-22(20)30/h6-19,31H,5,20-22H2,1-4H3,(H,42,43);2-16,30H,17,19H2,1H3,(H,40,41);3-12,25H,13,15H2,1-2H3,(H,35,36)/t31-;30-;25-/m000/s1. The Balaban J connectivity index is 0.000000187. The average Bonchev–Trinajstić information content (AvgIpc) is 0.768. The number of benzene rings is 11. The van der Waals surface area contributed by atoms with Crippen LogP contribution in [0.2, 0.25) is 10.0 Å². The fourth-order valence-electron chi connectivity index (χ4n) is 15.3. The van der Waals surface area contributed by atoms with Crippen molar-refractivity contribution in [3.8, 4) is 57.0 Å². The van der Waals surface area contributed by atoms with E-state index in [1.54, 1.807) is 142 Å². The number of carbonyl (C=O) groups is 6. The van der Waals surface area contributed by atoms with E-state index in [0.717, 1.165) is 69.5 Å². The highest BCUT2D eigenvalue weighted by molar-refractivity contribution is 7.91. The fraction of sp³-hybridized carbons (Fsp3) is 0.178. The molecule has 0 unspecified atom stereocenters. The van der Waals surface area contributed by atoms with E-state index in [1.165, 1.54) is 60.7 Å². The number of nitrogens with one attached hydrogen (secondary N) is 3. The van der Waals surface area contributed by atoms with Gasteiger partial charge in [-0.15, -0.1) is 0 Å². The van der Waals surface area contributed by atoms with Gasteiger partial charge in [0, 0.05) is 105 Å². The van der Waals surface area contributed by atoms with Crippen molar-refractivity contribution in [1.82, 2.24) is 30.9 Å². The normalized spacial score (nSPS) is 11.9. The van der Waals surface area contributed by atoms with Gasteiger partial charge in [-0.05, 0) is 161 Å². The summed E-state index contributed by atoms with van der Waals surface area (Å²) in [5.41, 5.74) is 5.36. The SMILES string of the molecule is CCOCc1cc(OC)c(-c2ccc(C[C@H](NC(=O)c3c(F)cc(CS(=O)(=O)c4ccccc4)cc3F)C(=O)OC)c3cccnc23)c(OC)c1.COC(=O)[C@H](Cc1ccc(-c2ccc(C#N)cc2Cl)c2ncccc12)NC(=O)c1c(F)cc(CS(=O)(=O)c2ccccc2)cc1F.COC(=O)[C@H](Cc1ccc(-c2ccc(C#N)cc2Cl)c2ncccc12)NC(=O)c1c(F)cc(CS(C)(=O)=O)cc1F.